The van der Waals surface area contributed by atoms with E-state index in [1.807, 2.05) is 38.1 Å². The summed E-state index contributed by atoms with van der Waals surface area (Å²) in [6.45, 7) is 9.09. The van der Waals surface area contributed by atoms with Crippen LogP contribution in [0.5, 0.6) is 17.2 Å². The van der Waals surface area contributed by atoms with Crippen molar-refractivity contribution in [2.24, 2.45) is 0 Å². The SMILES string of the molecule is CCOC.CCc1ccc(OC)c(NS(=O)OC)c1.CCc1ccc(OC)c([N+](=O)[O-])c1.COc1ccc2c(c1)CCCC2C. The number of aryl methyl sites for hydroxylation is 3. The summed E-state index contributed by atoms with van der Waals surface area (Å²) in [6.07, 6.45) is 5.57. The smallest absolute Gasteiger partial charge is 0.311 e. The molecule has 0 aliphatic heterocycles. The number of nitro groups is 1. The van der Waals surface area contributed by atoms with Crippen molar-refractivity contribution in [3.63, 3.8) is 0 Å². The lowest BCUT2D eigenvalue weighted by Crippen LogP contribution is -2.07. The minimum Gasteiger partial charge on any atom is -0.497 e. The summed E-state index contributed by atoms with van der Waals surface area (Å²) in [6, 6.07) is 17.2. The van der Waals surface area contributed by atoms with Gasteiger partial charge < -0.3 is 18.9 Å². The van der Waals surface area contributed by atoms with E-state index in [9.17, 15) is 14.3 Å². The molecule has 2 unspecified atom stereocenters. The van der Waals surface area contributed by atoms with Crippen molar-refractivity contribution in [2.45, 2.75) is 65.7 Å². The normalized spacial score (nSPS) is 13.6. The predicted octanol–water partition coefficient (Wildman–Crippen LogP) is 7.85. The number of benzene rings is 3. The zero-order valence-electron chi connectivity index (χ0n) is 28.1. The maximum atomic E-state index is 11.2. The Labute approximate surface area is 271 Å². The average molecular weight is 647 g/mol. The van der Waals surface area contributed by atoms with Crippen LogP contribution in [0.2, 0.25) is 0 Å². The monoisotopic (exact) mass is 646 g/mol. The molecule has 250 valence electrons. The molecule has 0 amide bonds. The second-order valence-electron chi connectivity index (χ2n) is 9.94. The highest BCUT2D eigenvalue weighted by Crippen LogP contribution is 2.33. The third-order valence-electron chi connectivity index (χ3n) is 7.12. The summed E-state index contributed by atoms with van der Waals surface area (Å²) in [5.74, 6) is 2.68. The van der Waals surface area contributed by atoms with E-state index in [1.54, 1.807) is 33.5 Å². The maximum absolute atomic E-state index is 11.2. The van der Waals surface area contributed by atoms with Crippen LogP contribution in [0.3, 0.4) is 0 Å². The lowest BCUT2D eigenvalue weighted by Gasteiger charge is -2.22. The molecule has 3 aromatic rings. The van der Waals surface area contributed by atoms with Gasteiger partial charge in [-0.3, -0.25) is 19.0 Å². The Kier molecular flexibility index (Phi) is 19.2. The Morgan fingerprint density at radius 1 is 0.867 bits per heavy atom. The van der Waals surface area contributed by atoms with E-state index in [1.165, 1.54) is 44.6 Å². The number of fused-ring (bicyclic) bond motifs is 1. The molecule has 0 saturated carbocycles. The summed E-state index contributed by atoms with van der Waals surface area (Å²) < 4.78 is 38.3. The van der Waals surface area contributed by atoms with Crippen molar-refractivity contribution in [3.8, 4) is 17.2 Å². The highest BCUT2D eigenvalue weighted by molar-refractivity contribution is 7.81. The molecule has 10 nitrogen and oxygen atoms in total. The Morgan fingerprint density at radius 3 is 1.98 bits per heavy atom. The van der Waals surface area contributed by atoms with Crippen LogP contribution in [0.25, 0.3) is 0 Å². The lowest BCUT2D eigenvalue weighted by atomic mass is 9.84. The summed E-state index contributed by atoms with van der Waals surface area (Å²) in [5, 5.41) is 10.6. The van der Waals surface area contributed by atoms with Crippen LogP contribution in [-0.2, 0) is 39.4 Å². The zero-order valence-corrected chi connectivity index (χ0v) is 29.0. The fourth-order valence-electron chi connectivity index (χ4n) is 4.44. The summed E-state index contributed by atoms with van der Waals surface area (Å²) in [4.78, 5) is 10.1. The first-order valence-corrected chi connectivity index (χ1v) is 16.1. The molecular formula is C34H50N2O8S. The van der Waals surface area contributed by atoms with Gasteiger partial charge in [0.15, 0.2) is 5.75 Å². The molecule has 0 aromatic heterocycles. The van der Waals surface area contributed by atoms with Gasteiger partial charge in [-0.2, -0.15) is 0 Å². The number of nitro benzene ring substituents is 1. The molecule has 0 radical (unpaired) electrons. The lowest BCUT2D eigenvalue weighted by molar-refractivity contribution is -0.385. The predicted molar refractivity (Wildman–Crippen MR) is 182 cm³/mol. The van der Waals surface area contributed by atoms with E-state index in [2.05, 4.69) is 45.7 Å². The van der Waals surface area contributed by atoms with Gasteiger partial charge in [0.25, 0.3) is 11.3 Å². The molecule has 1 aliphatic carbocycles. The first kappa shape index (κ1) is 39.4. The van der Waals surface area contributed by atoms with Gasteiger partial charge in [0.05, 0.1) is 39.0 Å². The van der Waals surface area contributed by atoms with Crippen LogP contribution in [0.15, 0.2) is 54.6 Å². The van der Waals surface area contributed by atoms with Gasteiger partial charge in [0.1, 0.15) is 11.5 Å². The minimum absolute atomic E-state index is 0.0295. The third kappa shape index (κ3) is 13.5. The van der Waals surface area contributed by atoms with Gasteiger partial charge in [0, 0.05) is 19.8 Å². The van der Waals surface area contributed by atoms with Crippen LogP contribution in [0.1, 0.15) is 68.7 Å². The molecule has 0 spiro atoms. The molecule has 4 rings (SSSR count). The van der Waals surface area contributed by atoms with E-state index in [0.29, 0.717) is 17.2 Å². The van der Waals surface area contributed by atoms with E-state index in [4.69, 9.17) is 14.2 Å². The average Bonchev–Trinajstić information content (AvgIpc) is 3.08. The number of ether oxygens (including phenoxy) is 4. The Hall–Kier alpha value is -3.67. The van der Waals surface area contributed by atoms with Gasteiger partial charge in [0.2, 0.25) is 0 Å². The molecule has 1 N–H and O–H groups in total. The number of hydrogen-bond donors (Lipinski definition) is 1. The standard InChI is InChI=1S/C12H16O.C10H15NO3S.C9H11NO3.C3H8O/c1-9-4-3-5-10-8-11(13-2)6-7-12(9)10;1-4-8-5-6-10(13-2)9(7-8)11-15(12)14-3;1-3-7-4-5-9(13-2)8(6-7)10(11)12;1-3-4-2/h6-9H,3-5H2,1-2H3;5-7,11H,4H2,1-3H3;4-6H,3H2,1-2H3;3H2,1-2H3. The number of nitrogens with one attached hydrogen (secondary N) is 1. The molecule has 45 heavy (non-hydrogen) atoms. The highest BCUT2D eigenvalue weighted by Gasteiger charge is 2.16. The van der Waals surface area contributed by atoms with Crippen LogP contribution >= 0.6 is 0 Å². The molecular weight excluding hydrogens is 596 g/mol. The Balaban J connectivity index is 0.000000319. The molecule has 0 heterocycles. The molecule has 11 heteroatoms. The van der Waals surface area contributed by atoms with Crippen molar-refractivity contribution in [1.29, 1.82) is 0 Å². The molecule has 2 atom stereocenters. The fourth-order valence-corrected chi connectivity index (χ4v) is 4.87. The summed E-state index contributed by atoms with van der Waals surface area (Å²) in [7, 11) is 7.78. The van der Waals surface area contributed by atoms with Crippen molar-refractivity contribution < 1.29 is 32.3 Å². The van der Waals surface area contributed by atoms with E-state index < -0.39 is 16.2 Å². The zero-order chi connectivity index (χ0) is 33.8. The Morgan fingerprint density at radius 2 is 1.47 bits per heavy atom. The van der Waals surface area contributed by atoms with Gasteiger partial charge in [-0.05, 0) is 97.5 Å². The van der Waals surface area contributed by atoms with Crippen molar-refractivity contribution in [3.05, 3.63) is 87.0 Å². The number of nitrogens with zero attached hydrogens (tertiary/aromatic N) is 1. The fraction of sp³-hybridized carbons (Fsp3) is 0.471. The molecule has 1 aliphatic rings. The summed E-state index contributed by atoms with van der Waals surface area (Å²) >= 11 is -1.53. The molecule has 3 aromatic carbocycles. The van der Waals surface area contributed by atoms with Gasteiger partial charge in [-0.25, -0.2) is 4.21 Å². The molecule has 0 bridgehead atoms. The molecule has 0 fully saturated rings. The van der Waals surface area contributed by atoms with Crippen molar-refractivity contribution in [1.82, 2.24) is 0 Å². The number of methoxy groups -OCH3 is 4. The molecule has 0 saturated heterocycles. The topological polar surface area (TPSA) is 118 Å². The van der Waals surface area contributed by atoms with Crippen molar-refractivity contribution >= 4 is 22.6 Å². The van der Waals surface area contributed by atoms with E-state index in [0.717, 1.165) is 42.2 Å². The van der Waals surface area contributed by atoms with Crippen LogP contribution in [0.4, 0.5) is 11.4 Å². The maximum Gasteiger partial charge on any atom is 0.311 e. The van der Waals surface area contributed by atoms with E-state index >= 15 is 0 Å². The highest BCUT2D eigenvalue weighted by atomic mass is 32.2. The van der Waals surface area contributed by atoms with E-state index in [-0.39, 0.29) is 5.69 Å². The van der Waals surface area contributed by atoms with Crippen molar-refractivity contribution in [2.75, 3.05) is 46.9 Å². The van der Waals surface area contributed by atoms with Gasteiger partial charge >= 0.3 is 5.69 Å². The third-order valence-corrected chi connectivity index (χ3v) is 7.81. The van der Waals surface area contributed by atoms with Crippen LogP contribution in [-0.4, -0.2) is 51.3 Å². The number of hydrogen-bond acceptors (Lipinski definition) is 8. The number of rotatable bonds is 10. The summed E-state index contributed by atoms with van der Waals surface area (Å²) in [5.41, 5.74) is 5.79. The first-order chi connectivity index (χ1) is 21.6. The second-order valence-corrected chi connectivity index (χ2v) is 11.0. The van der Waals surface area contributed by atoms with Gasteiger partial charge in [-0.15, -0.1) is 0 Å². The van der Waals surface area contributed by atoms with Crippen LogP contribution in [0, 0.1) is 10.1 Å². The quantitative estimate of drug-likeness (QED) is 0.175. The minimum atomic E-state index is -1.53. The number of anilines is 1. The Bertz CT molecular complexity index is 1330. The van der Waals surface area contributed by atoms with Crippen LogP contribution < -0.4 is 18.9 Å². The van der Waals surface area contributed by atoms with Gasteiger partial charge in [-0.1, -0.05) is 39.0 Å². The largest absolute Gasteiger partial charge is 0.497 e. The second kappa shape index (κ2) is 21.9. The first-order valence-electron chi connectivity index (χ1n) is 15.0.